The van der Waals surface area contributed by atoms with Crippen molar-refractivity contribution in [2.24, 2.45) is 0 Å². The summed E-state index contributed by atoms with van der Waals surface area (Å²) in [6, 6.07) is 7.90. The maximum Gasteiger partial charge on any atom is 0.289 e. The molecule has 0 aliphatic carbocycles. The van der Waals surface area contributed by atoms with Crippen LogP contribution in [0.5, 0.6) is 0 Å². The Morgan fingerprint density at radius 3 is 2.40 bits per heavy atom. The van der Waals surface area contributed by atoms with E-state index in [-0.39, 0.29) is 43.3 Å². The smallest absolute Gasteiger partial charge is 0.289 e. The van der Waals surface area contributed by atoms with E-state index >= 15 is 0 Å². The fraction of sp³-hybridized carbons (Fsp3) is 0.278. The van der Waals surface area contributed by atoms with E-state index in [9.17, 15) is 32.1 Å². The molecule has 1 N–H and O–H groups in total. The van der Waals surface area contributed by atoms with Crippen LogP contribution in [-0.4, -0.2) is 61.2 Å². The zero-order chi connectivity index (χ0) is 21.9. The molecule has 0 saturated carbocycles. The number of nitro groups is 1. The maximum atomic E-state index is 13.6. The van der Waals surface area contributed by atoms with Gasteiger partial charge in [-0.15, -0.1) is 0 Å². The fourth-order valence-corrected chi connectivity index (χ4v) is 4.66. The second-order valence-corrected chi connectivity index (χ2v) is 8.48. The number of benzene rings is 2. The molecule has 0 unspecified atom stereocenters. The summed E-state index contributed by atoms with van der Waals surface area (Å²) in [5, 5.41) is 13.5. The summed E-state index contributed by atoms with van der Waals surface area (Å²) in [4.78, 5) is 23.8. The lowest BCUT2D eigenvalue weighted by molar-refractivity contribution is -0.387. The standard InChI is InChI=1S/C18H18F2N4O5S/c19-13-5-6-15(14(20)11-13)21-18(25)12-22-7-9-23(10-8-22)30(28,29)17-4-2-1-3-16(17)24(26)27/h1-6,11H,7-10,12H2,(H,21,25). The zero-order valence-electron chi connectivity index (χ0n) is 15.6. The lowest BCUT2D eigenvalue weighted by Crippen LogP contribution is -2.50. The van der Waals surface area contributed by atoms with Gasteiger partial charge in [0.1, 0.15) is 11.6 Å². The molecule has 1 saturated heterocycles. The molecule has 1 amide bonds. The number of carbonyl (C=O) groups excluding carboxylic acids is 1. The Bertz CT molecular complexity index is 1070. The van der Waals surface area contributed by atoms with Crippen molar-refractivity contribution in [2.45, 2.75) is 4.90 Å². The molecule has 0 spiro atoms. The number of anilines is 1. The highest BCUT2D eigenvalue weighted by Crippen LogP contribution is 2.27. The molecule has 0 radical (unpaired) electrons. The second kappa shape index (κ2) is 8.81. The lowest BCUT2D eigenvalue weighted by atomic mass is 10.3. The minimum atomic E-state index is -4.07. The van der Waals surface area contributed by atoms with E-state index in [1.54, 1.807) is 4.90 Å². The van der Waals surface area contributed by atoms with Gasteiger partial charge in [-0.3, -0.25) is 19.8 Å². The first-order valence-corrected chi connectivity index (χ1v) is 10.3. The van der Waals surface area contributed by atoms with E-state index in [1.807, 2.05) is 0 Å². The SMILES string of the molecule is O=C(CN1CCN(S(=O)(=O)c2ccccc2[N+](=O)[O-])CC1)Nc1ccc(F)cc1F. The summed E-state index contributed by atoms with van der Waals surface area (Å²) in [5.41, 5.74) is -0.653. The number of nitro benzene ring substituents is 1. The van der Waals surface area contributed by atoms with Crippen molar-refractivity contribution < 1.29 is 26.9 Å². The number of carbonyl (C=O) groups is 1. The van der Waals surface area contributed by atoms with E-state index in [2.05, 4.69) is 5.32 Å². The molecule has 1 aliphatic rings. The van der Waals surface area contributed by atoms with E-state index in [1.165, 1.54) is 18.2 Å². The Morgan fingerprint density at radius 1 is 1.10 bits per heavy atom. The van der Waals surface area contributed by atoms with Gasteiger partial charge >= 0.3 is 0 Å². The van der Waals surface area contributed by atoms with Crippen molar-refractivity contribution >= 4 is 27.3 Å². The molecule has 0 aromatic heterocycles. The van der Waals surface area contributed by atoms with Crippen molar-refractivity contribution in [2.75, 3.05) is 38.0 Å². The third-order valence-electron chi connectivity index (χ3n) is 4.58. The quantitative estimate of drug-likeness (QED) is 0.542. The van der Waals surface area contributed by atoms with Crippen LogP contribution in [0.15, 0.2) is 47.4 Å². The zero-order valence-corrected chi connectivity index (χ0v) is 16.4. The van der Waals surface area contributed by atoms with Crippen LogP contribution in [0.25, 0.3) is 0 Å². The van der Waals surface area contributed by atoms with Gasteiger partial charge in [0.05, 0.1) is 17.2 Å². The molecule has 0 atom stereocenters. The van der Waals surface area contributed by atoms with Gasteiger partial charge in [0.2, 0.25) is 15.9 Å². The molecule has 1 aliphatic heterocycles. The molecule has 2 aromatic rings. The van der Waals surface area contributed by atoms with Crippen LogP contribution < -0.4 is 5.32 Å². The number of halogens is 2. The van der Waals surface area contributed by atoms with Gasteiger partial charge in [0, 0.05) is 38.3 Å². The molecule has 30 heavy (non-hydrogen) atoms. The average Bonchev–Trinajstić information content (AvgIpc) is 2.70. The van der Waals surface area contributed by atoms with E-state index in [0.29, 0.717) is 6.07 Å². The van der Waals surface area contributed by atoms with Crippen molar-refractivity contribution in [3.8, 4) is 0 Å². The summed E-state index contributed by atoms with van der Waals surface area (Å²) >= 11 is 0. The van der Waals surface area contributed by atoms with Crippen LogP contribution >= 0.6 is 0 Å². The van der Waals surface area contributed by atoms with Gasteiger partial charge in [-0.1, -0.05) is 12.1 Å². The van der Waals surface area contributed by atoms with Crippen molar-refractivity contribution in [1.29, 1.82) is 0 Å². The first-order valence-electron chi connectivity index (χ1n) is 8.89. The van der Waals surface area contributed by atoms with Gasteiger partial charge < -0.3 is 5.32 Å². The summed E-state index contributed by atoms with van der Waals surface area (Å²) in [6.07, 6.45) is 0. The highest BCUT2D eigenvalue weighted by atomic mass is 32.2. The number of sulfonamides is 1. The van der Waals surface area contributed by atoms with E-state index in [4.69, 9.17) is 0 Å². The topological polar surface area (TPSA) is 113 Å². The van der Waals surface area contributed by atoms with Crippen LogP contribution in [0.1, 0.15) is 0 Å². The number of rotatable bonds is 6. The van der Waals surface area contributed by atoms with Crippen LogP contribution in [-0.2, 0) is 14.8 Å². The van der Waals surface area contributed by atoms with Gasteiger partial charge in [-0.25, -0.2) is 17.2 Å². The van der Waals surface area contributed by atoms with Crippen LogP contribution in [0.2, 0.25) is 0 Å². The largest absolute Gasteiger partial charge is 0.322 e. The highest BCUT2D eigenvalue weighted by Gasteiger charge is 2.33. The van der Waals surface area contributed by atoms with Crippen LogP contribution in [0.3, 0.4) is 0 Å². The summed E-state index contributed by atoms with van der Waals surface area (Å²) in [6.45, 7) is 0.369. The molecular formula is C18H18F2N4O5S. The number of para-hydroxylation sites is 1. The first kappa shape index (κ1) is 21.7. The summed E-state index contributed by atoms with van der Waals surface area (Å²) < 4.78 is 53.3. The minimum Gasteiger partial charge on any atom is -0.322 e. The summed E-state index contributed by atoms with van der Waals surface area (Å²) in [5.74, 6) is -2.19. The monoisotopic (exact) mass is 440 g/mol. The maximum absolute atomic E-state index is 13.6. The number of nitrogens with zero attached hydrogens (tertiary/aromatic N) is 3. The molecule has 9 nitrogen and oxygen atoms in total. The molecule has 1 fully saturated rings. The third-order valence-corrected chi connectivity index (χ3v) is 6.53. The number of piperazine rings is 1. The molecule has 3 rings (SSSR count). The Morgan fingerprint density at radius 2 is 1.77 bits per heavy atom. The second-order valence-electron chi connectivity index (χ2n) is 6.58. The van der Waals surface area contributed by atoms with Gasteiger partial charge in [0.25, 0.3) is 5.69 Å². The predicted molar refractivity (Wildman–Crippen MR) is 103 cm³/mol. The molecule has 160 valence electrons. The molecule has 2 aromatic carbocycles. The van der Waals surface area contributed by atoms with Crippen molar-refractivity contribution in [3.63, 3.8) is 0 Å². The number of nitrogens with one attached hydrogen (secondary N) is 1. The normalized spacial score (nSPS) is 15.7. The van der Waals surface area contributed by atoms with Crippen LogP contribution in [0, 0.1) is 21.7 Å². The lowest BCUT2D eigenvalue weighted by Gasteiger charge is -2.33. The minimum absolute atomic E-state index is 0.0343. The highest BCUT2D eigenvalue weighted by molar-refractivity contribution is 7.89. The molecule has 1 heterocycles. The Hall–Kier alpha value is -2.96. The third kappa shape index (κ3) is 4.78. The number of hydrogen-bond donors (Lipinski definition) is 1. The van der Waals surface area contributed by atoms with Crippen molar-refractivity contribution in [1.82, 2.24) is 9.21 Å². The Kier molecular flexibility index (Phi) is 6.39. The molecular weight excluding hydrogens is 422 g/mol. The van der Waals surface area contributed by atoms with Gasteiger partial charge in [0.15, 0.2) is 4.90 Å². The molecule has 0 bridgehead atoms. The van der Waals surface area contributed by atoms with E-state index < -0.39 is 38.2 Å². The van der Waals surface area contributed by atoms with Gasteiger partial charge in [-0.05, 0) is 18.2 Å². The van der Waals surface area contributed by atoms with Crippen molar-refractivity contribution in [3.05, 3.63) is 64.2 Å². The fourth-order valence-electron chi connectivity index (χ4n) is 3.08. The Labute approximate surface area is 171 Å². The van der Waals surface area contributed by atoms with Crippen LogP contribution in [0.4, 0.5) is 20.2 Å². The Balaban J connectivity index is 1.60. The van der Waals surface area contributed by atoms with E-state index in [0.717, 1.165) is 22.5 Å². The summed E-state index contributed by atoms with van der Waals surface area (Å²) in [7, 11) is -4.07. The first-order chi connectivity index (χ1) is 14.2. The number of amides is 1. The predicted octanol–water partition coefficient (Wildman–Crippen LogP) is 1.82. The number of hydrogen-bond acceptors (Lipinski definition) is 6. The molecule has 12 heteroatoms. The van der Waals surface area contributed by atoms with Gasteiger partial charge in [-0.2, -0.15) is 4.31 Å². The average molecular weight is 440 g/mol.